The van der Waals surface area contributed by atoms with Crippen molar-refractivity contribution in [2.24, 2.45) is 11.3 Å². The van der Waals surface area contributed by atoms with E-state index in [1.807, 2.05) is 0 Å². The van der Waals surface area contributed by atoms with E-state index in [9.17, 15) is 0 Å². The van der Waals surface area contributed by atoms with Crippen LogP contribution < -0.4 is 5.32 Å². The molecule has 1 N–H and O–H groups in total. The molecular formula is C10H21N. The highest BCUT2D eigenvalue weighted by atomic mass is 14.9. The molecule has 0 saturated heterocycles. The van der Waals surface area contributed by atoms with Crippen molar-refractivity contribution in [1.29, 1.82) is 0 Å². The number of rotatable bonds is 1. The van der Waals surface area contributed by atoms with Crippen LogP contribution in [0, 0.1) is 11.3 Å². The molecule has 0 unspecified atom stereocenters. The summed E-state index contributed by atoms with van der Waals surface area (Å²) in [6.45, 7) is 7.06. The Kier molecular flexibility index (Phi) is 2.58. The third-order valence-electron chi connectivity index (χ3n) is 3.00. The Balaban J connectivity index is 2.57. The van der Waals surface area contributed by atoms with E-state index in [1.54, 1.807) is 0 Å². The molecule has 0 aromatic carbocycles. The standard InChI is InChI=1S/C10H21N/c1-10(2,3)8-6-5-7-9(8)11-4/h8-9,11H,5-7H2,1-4H3/t8-,9+/m1/s1. The fourth-order valence-electron chi connectivity index (χ4n) is 2.34. The average Bonchev–Trinajstić information content (AvgIpc) is 2.31. The Morgan fingerprint density at radius 2 is 1.82 bits per heavy atom. The lowest BCUT2D eigenvalue weighted by Gasteiger charge is -2.32. The zero-order chi connectivity index (χ0) is 8.48. The lowest BCUT2D eigenvalue weighted by Crippen LogP contribution is -2.36. The average molecular weight is 155 g/mol. The fraction of sp³-hybridized carbons (Fsp3) is 1.00. The van der Waals surface area contributed by atoms with E-state index in [2.05, 4.69) is 33.1 Å². The molecule has 66 valence electrons. The van der Waals surface area contributed by atoms with Crippen LogP contribution in [0.5, 0.6) is 0 Å². The molecule has 1 aliphatic carbocycles. The first-order valence-electron chi connectivity index (χ1n) is 4.73. The van der Waals surface area contributed by atoms with E-state index in [0.717, 1.165) is 12.0 Å². The summed E-state index contributed by atoms with van der Waals surface area (Å²) in [6.07, 6.45) is 4.20. The zero-order valence-corrected chi connectivity index (χ0v) is 8.28. The van der Waals surface area contributed by atoms with Crippen molar-refractivity contribution in [3.05, 3.63) is 0 Å². The topological polar surface area (TPSA) is 12.0 Å². The third kappa shape index (κ3) is 1.96. The van der Waals surface area contributed by atoms with Crippen LogP contribution in [0.2, 0.25) is 0 Å². The molecule has 0 amide bonds. The minimum Gasteiger partial charge on any atom is -0.317 e. The van der Waals surface area contributed by atoms with Crippen LogP contribution in [0.25, 0.3) is 0 Å². The Morgan fingerprint density at radius 1 is 1.18 bits per heavy atom. The maximum absolute atomic E-state index is 3.42. The number of hydrogen-bond donors (Lipinski definition) is 1. The quantitative estimate of drug-likeness (QED) is 0.613. The number of hydrogen-bond acceptors (Lipinski definition) is 1. The van der Waals surface area contributed by atoms with Gasteiger partial charge in [-0.25, -0.2) is 0 Å². The first-order chi connectivity index (χ1) is 5.05. The summed E-state index contributed by atoms with van der Waals surface area (Å²) >= 11 is 0. The molecule has 1 heteroatoms. The summed E-state index contributed by atoms with van der Waals surface area (Å²) < 4.78 is 0. The molecule has 11 heavy (non-hydrogen) atoms. The monoisotopic (exact) mass is 155 g/mol. The summed E-state index contributed by atoms with van der Waals surface area (Å²) in [6, 6.07) is 0.773. The second-order valence-electron chi connectivity index (χ2n) is 4.80. The Labute approximate surface area is 70.6 Å². The highest BCUT2D eigenvalue weighted by Crippen LogP contribution is 2.38. The fourth-order valence-corrected chi connectivity index (χ4v) is 2.34. The SMILES string of the molecule is CN[C@H]1CCC[C@H]1C(C)(C)C. The van der Waals surface area contributed by atoms with Crippen molar-refractivity contribution < 1.29 is 0 Å². The van der Waals surface area contributed by atoms with Gasteiger partial charge in [0.05, 0.1) is 0 Å². The van der Waals surface area contributed by atoms with Crippen molar-refractivity contribution in [2.45, 2.75) is 46.1 Å². The van der Waals surface area contributed by atoms with Crippen LogP contribution in [0.15, 0.2) is 0 Å². The van der Waals surface area contributed by atoms with Gasteiger partial charge in [-0.3, -0.25) is 0 Å². The van der Waals surface area contributed by atoms with Gasteiger partial charge in [-0.1, -0.05) is 27.2 Å². The van der Waals surface area contributed by atoms with E-state index in [4.69, 9.17) is 0 Å². The predicted molar refractivity (Wildman–Crippen MR) is 49.6 cm³/mol. The summed E-state index contributed by atoms with van der Waals surface area (Å²) in [4.78, 5) is 0. The van der Waals surface area contributed by atoms with Crippen molar-refractivity contribution in [3.63, 3.8) is 0 Å². The number of nitrogens with one attached hydrogen (secondary N) is 1. The van der Waals surface area contributed by atoms with Gasteiger partial charge in [0, 0.05) is 6.04 Å². The van der Waals surface area contributed by atoms with Gasteiger partial charge in [0.1, 0.15) is 0 Å². The van der Waals surface area contributed by atoms with Gasteiger partial charge >= 0.3 is 0 Å². The van der Waals surface area contributed by atoms with Crippen molar-refractivity contribution >= 4 is 0 Å². The largest absolute Gasteiger partial charge is 0.317 e. The first kappa shape index (κ1) is 9.05. The molecule has 1 aliphatic rings. The van der Waals surface area contributed by atoms with E-state index in [-0.39, 0.29) is 0 Å². The molecule has 0 aromatic rings. The maximum Gasteiger partial charge on any atom is 0.00973 e. The van der Waals surface area contributed by atoms with Crippen LogP contribution >= 0.6 is 0 Å². The van der Waals surface area contributed by atoms with Gasteiger partial charge in [0.2, 0.25) is 0 Å². The Bertz CT molecular complexity index is 123. The van der Waals surface area contributed by atoms with E-state index in [1.165, 1.54) is 19.3 Å². The van der Waals surface area contributed by atoms with Gasteiger partial charge < -0.3 is 5.32 Å². The van der Waals surface area contributed by atoms with E-state index < -0.39 is 0 Å². The van der Waals surface area contributed by atoms with Crippen LogP contribution in [0.3, 0.4) is 0 Å². The molecule has 2 atom stereocenters. The smallest absolute Gasteiger partial charge is 0.00973 e. The molecule has 0 spiro atoms. The van der Waals surface area contributed by atoms with Crippen LogP contribution in [0.1, 0.15) is 40.0 Å². The highest BCUT2D eigenvalue weighted by molar-refractivity contribution is 4.89. The normalized spacial score (nSPS) is 32.7. The van der Waals surface area contributed by atoms with Crippen LogP contribution in [0.4, 0.5) is 0 Å². The summed E-state index contributed by atoms with van der Waals surface area (Å²) in [7, 11) is 2.09. The van der Waals surface area contributed by atoms with Gasteiger partial charge in [-0.2, -0.15) is 0 Å². The predicted octanol–water partition coefficient (Wildman–Crippen LogP) is 2.42. The van der Waals surface area contributed by atoms with E-state index in [0.29, 0.717) is 5.41 Å². The molecule has 0 aliphatic heterocycles. The van der Waals surface area contributed by atoms with Crippen molar-refractivity contribution in [1.82, 2.24) is 5.32 Å². The molecule has 1 rings (SSSR count). The Hall–Kier alpha value is -0.0400. The molecule has 0 aromatic heterocycles. The maximum atomic E-state index is 3.42. The van der Waals surface area contributed by atoms with Gasteiger partial charge in [-0.05, 0) is 31.2 Å². The lowest BCUT2D eigenvalue weighted by atomic mass is 9.78. The zero-order valence-electron chi connectivity index (χ0n) is 8.28. The molecule has 0 radical (unpaired) electrons. The minimum absolute atomic E-state index is 0.490. The molecular weight excluding hydrogens is 134 g/mol. The first-order valence-corrected chi connectivity index (χ1v) is 4.73. The lowest BCUT2D eigenvalue weighted by molar-refractivity contribution is 0.208. The van der Waals surface area contributed by atoms with Crippen LogP contribution in [-0.2, 0) is 0 Å². The Morgan fingerprint density at radius 3 is 2.18 bits per heavy atom. The molecule has 1 fully saturated rings. The second-order valence-corrected chi connectivity index (χ2v) is 4.80. The van der Waals surface area contributed by atoms with Crippen molar-refractivity contribution in [3.8, 4) is 0 Å². The minimum atomic E-state index is 0.490. The molecule has 0 bridgehead atoms. The van der Waals surface area contributed by atoms with Gasteiger partial charge in [0.15, 0.2) is 0 Å². The molecule has 1 saturated carbocycles. The second kappa shape index (κ2) is 3.14. The van der Waals surface area contributed by atoms with Crippen molar-refractivity contribution in [2.75, 3.05) is 7.05 Å². The molecule has 1 nitrogen and oxygen atoms in total. The summed E-state index contributed by atoms with van der Waals surface area (Å²) in [5, 5.41) is 3.42. The summed E-state index contributed by atoms with van der Waals surface area (Å²) in [5.74, 6) is 0.882. The highest BCUT2D eigenvalue weighted by Gasteiger charge is 2.34. The van der Waals surface area contributed by atoms with E-state index >= 15 is 0 Å². The van der Waals surface area contributed by atoms with Gasteiger partial charge in [-0.15, -0.1) is 0 Å². The van der Waals surface area contributed by atoms with Crippen LogP contribution in [-0.4, -0.2) is 13.1 Å². The molecule has 0 heterocycles. The third-order valence-corrected chi connectivity index (χ3v) is 3.00. The van der Waals surface area contributed by atoms with Gasteiger partial charge in [0.25, 0.3) is 0 Å². The summed E-state index contributed by atoms with van der Waals surface area (Å²) in [5.41, 5.74) is 0.490.